The number of hydrogen-bond acceptors (Lipinski definition) is 7. The molecule has 8 nitrogen and oxygen atoms in total. The molecule has 0 N–H and O–H groups in total. The molecular formula is C21H19N5O3. The zero-order valence-corrected chi connectivity index (χ0v) is 15.9. The van der Waals surface area contributed by atoms with E-state index in [4.69, 9.17) is 14.0 Å². The predicted molar refractivity (Wildman–Crippen MR) is 104 cm³/mol. The van der Waals surface area contributed by atoms with Gasteiger partial charge in [0.05, 0.1) is 25.5 Å². The number of nitrogens with zero attached hydrogens (tertiary/aromatic N) is 5. The van der Waals surface area contributed by atoms with Crippen LogP contribution in [0.5, 0.6) is 5.75 Å². The van der Waals surface area contributed by atoms with Gasteiger partial charge in [-0.2, -0.15) is 10.1 Å². The number of rotatable bonds is 5. The maximum atomic E-state index is 6.04. The topological polar surface area (TPSA) is 88.1 Å². The molecule has 5 rings (SSSR count). The Hall–Kier alpha value is -3.52. The van der Waals surface area contributed by atoms with Gasteiger partial charge in [0.1, 0.15) is 17.5 Å². The van der Waals surface area contributed by atoms with Gasteiger partial charge in [0.25, 0.3) is 5.89 Å². The van der Waals surface area contributed by atoms with Crippen LogP contribution in [0.3, 0.4) is 0 Å². The van der Waals surface area contributed by atoms with Gasteiger partial charge in [-0.05, 0) is 42.8 Å². The van der Waals surface area contributed by atoms with E-state index in [9.17, 15) is 0 Å². The SMILES string of the molecule is CCOc1ccc([C@H]2Cn3nc(-c4nc(-c5ccccn5)no4)cc3CO2)cc1. The molecule has 0 amide bonds. The number of hydrogen-bond donors (Lipinski definition) is 0. The average Bonchev–Trinajstić information content (AvgIpc) is 3.42. The second-order valence-electron chi connectivity index (χ2n) is 6.64. The lowest BCUT2D eigenvalue weighted by Gasteiger charge is -2.24. The normalized spacial score (nSPS) is 15.8. The molecule has 0 unspecified atom stereocenters. The van der Waals surface area contributed by atoms with Crippen molar-refractivity contribution in [1.82, 2.24) is 24.9 Å². The van der Waals surface area contributed by atoms with Gasteiger partial charge < -0.3 is 14.0 Å². The molecule has 4 aromatic rings. The Morgan fingerprint density at radius 3 is 2.83 bits per heavy atom. The van der Waals surface area contributed by atoms with Crippen LogP contribution in [0.4, 0.5) is 0 Å². The fourth-order valence-corrected chi connectivity index (χ4v) is 3.30. The van der Waals surface area contributed by atoms with Crippen LogP contribution in [0.25, 0.3) is 23.1 Å². The lowest BCUT2D eigenvalue weighted by molar-refractivity contribution is -0.00115. The Kier molecular flexibility index (Phi) is 4.53. The Balaban J connectivity index is 1.35. The second-order valence-corrected chi connectivity index (χ2v) is 6.64. The summed E-state index contributed by atoms with van der Waals surface area (Å²) in [6.45, 7) is 3.70. The maximum Gasteiger partial charge on any atom is 0.278 e. The minimum Gasteiger partial charge on any atom is -0.494 e. The van der Waals surface area contributed by atoms with Gasteiger partial charge in [-0.3, -0.25) is 9.67 Å². The van der Waals surface area contributed by atoms with Gasteiger partial charge in [-0.1, -0.05) is 23.4 Å². The van der Waals surface area contributed by atoms with Gasteiger partial charge in [0.2, 0.25) is 5.82 Å². The largest absolute Gasteiger partial charge is 0.494 e. The van der Waals surface area contributed by atoms with Crippen molar-refractivity contribution in [3.8, 4) is 28.9 Å². The number of benzene rings is 1. The summed E-state index contributed by atoms with van der Waals surface area (Å²) < 4.78 is 18.9. The molecule has 0 fully saturated rings. The Morgan fingerprint density at radius 1 is 1.14 bits per heavy atom. The van der Waals surface area contributed by atoms with E-state index in [1.165, 1.54) is 0 Å². The molecule has 29 heavy (non-hydrogen) atoms. The van der Waals surface area contributed by atoms with E-state index in [-0.39, 0.29) is 6.10 Å². The van der Waals surface area contributed by atoms with Crippen LogP contribution < -0.4 is 4.74 Å². The van der Waals surface area contributed by atoms with Crippen LogP contribution in [-0.2, 0) is 17.9 Å². The van der Waals surface area contributed by atoms with Crippen LogP contribution in [0, 0.1) is 0 Å². The van der Waals surface area contributed by atoms with E-state index in [0.717, 1.165) is 17.0 Å². The first-order chi connectivity index (χ1) is 14.3. The summed E-state index contributed by atoms with van der Waals surface area (Å²) in [4.78, 5) is 8.67. The van der Waals surface area contributed by atoms with E-state index in [0.29, 0.717) is 42.9 Å². The Bertz CT molecular complexity index is 1110. The number of aromatic nitrogens is 5. The van der Waals surface area contributed by atoms with Crippen molar-refractivity contribution < 1.29 is 14.0 Å². The zero-order chi connectivity index (χ0) is 19.6. The van der Waals surface area contributed by atoms with Crippen LogP contribution in [0.2, 0.25) is 0 Å². The number of ether oxygens (including phenoxy) is 2. The third-order valence-electron chi connectivity index (χ3n) is 4.74. The molecule has 4 heterocycles. The van der Waals surface area contributed by atoms with Crippen molar-refractivity contribution in [2.45, 2.75) is 26.2 Å². The molecular weight excluding hydrogens is 370 g/mol. The van der Waals surface area contributed by atoms with Gasteiger partial charge in [0, 0.05) is 6.20 Å². The highest BCUT2D eigenvalue weighted by Gasteiger charge is 2.24. The Labute approximate surface area is 167 Å². The quantitative estimate of drug-likeness (QED) is 0.515. The van der Waals surface area contributed by atoms with Gasteiger partial charge in [0.15, 0.2) is 5.69 Å². The smallest absolute Gasteiger partial charge is 0.278 e. The van der Waals surface area contributed by atoms with Gasteiger partial charge in [-0.25, -0.2) is 0 Å². The second kappa shape index (κ2) is 7.48. The highest BCUT2D eigenvalue weighted by Crippen LogP contribution is 2.30. The maximum absolute atomic E-state index is 6.04. The standard InChI is InChI=1S/C21H19N5O3/c1-2-27-16-8-6-14(7-9-16)19-12-26-15(13-28-19)11-18(24-26)21-23-20(25-29-21)17-5-3-4-10-22-17/h3-11,19H,2,12-13H2,1H3/t19-/m1/s1. The highest BCUT2D eigenvalue weighted by atomic mass is 16.5. The zero-order valence-electron chi connectivity index (χ0n) is 15.9. The van der Waals surface area contributed by atoms with Crippen LogP contribution in [-0.4, -0.2) is 31.5 Å². The van der Waals surface area contributed by atoms with Crippen molar-refractivity contribution in [3.63, 3.8) is 0 Å². The summed E-state index contributed by atoms with van der Waals surface area (Å²) in [7, 11) is 0. The summed E-state index contributed by atoms with van der Waals surface area (Å²) in [5.74, 6) is 1.66. The number of fused-ring (bicyclic) bond motifs is 1. The number of pyridine rings is 1. The fraction of sp³-hybridized carbons (Fsp3) is 0.238. The Morgan fingerprint density at radius 2 is 2.03 bits per heavy atom. The highest BCUT2D eigenvalue weighted by molar-refractivity contribution is 5.54. The predicted octanol–water partition coefficient (Wildman–Crippen LogP) is 3.67. The minimum absolute atomic E-state index is 0.0716. The van der Waals surface area contributed by atoms with E-state index in [1.807, 2.05) is 60.1 Å². The molecule has 0 spiro atoms. The molecule has 0 aliphatic carbocycles. The van der Waals surface area contributed by atoms with E-state index < -0.39 is 0 Å². The van der Waals surface area contributed by atoms with E-state index in [1.54, 1.807) is 6.20 Å². The van der Waals surface area contributed by atoms with Crippen molar-refractivity contribution in [1.29, 1.82) is 0 Å². The molecule has 146 valence electrons. The summed E-state index contributed by atoms with van der Waals surface area (Å²) >= 11 is 0. The van der Waals surface area contributed by atoms with Crippen molar-refractivity contribution in [3.05, 3.63) is 66.0 Å². The summed E-state index contributed by atoms with van der Waals surface area (Å²) in [5.41, 5.74) is 3.35. The average molecular weight is 389 g/mol. The molecule has 1 atom stereocenters. The van der Waals surface area contributed by atoms with Crippen LogP contribution >= 0.6 is 0 Å². The first-order valence-corrected chi connectivity index (χ1v) is 9.46. The summed E-state index contributed by atoms with van der Waals surface area (Å²) in [6.07, 6.45) is 1.62. The van der Waals surface area contributed by atoms with E-state index >= 15 is 0 Å². The van der Waals surface area contributed by atoms with E-state index in [2.05, 4.69) is 20.2 Å². The third-order valence-corrected chi connectivity index (χ3v) is 4.74. The van der Waals surface area contributed by atoms with Crippen molar-refractivity contribution in [2.24, 2.45) is 0 Å². The molecule has 0 saturated heterocycles. The molecule has 3 aromatic heterocycles. The lowest BCUT2D eigenvalue weighted by atomic mass is 10.1. The first kappa shape index (κ1) is 17.6. The minimum atomic E-state index is -0.0716. The summed E-state index contributed by atoms with van der Waals surface area (Å²) in [6, 6.07) is 15.5. The molecule has 8 heteroatoms. The molecule has 1 aliphatic heterocycles. The fourth-order valence-electron chi connectivity index (χ4n) is 3.30. The summed E-state index contributed by atoms with van der Waals surface area (Å²) in [5, 5.41) is 8.66. The molecule has 1 aliphatic rings. The lowest BCUT2D eigenvalue weighted by Crippen LogP contribution is -2.21. The van der Waals surface area contributed by atoms with Gasteiger partial charge in [-0.15, -0.1) is 0 Å². The van der Waals surface area contributed by atoms with Crippen molar-refractivity contribution in [2.75, 3.05) is 6.61 Å². The third kappa shape index (κ3) is 3.50. The van der Waals surface area contributed by atoms with Gasteiger partial charge >= 0.3 is 0 Å². The van der Waals surface area contributed by atoms with Crippen molar-refractivity contribution >= 4 is 0 Å². The molecule has 0 bridgehead atoms. The molecule has 1 aromatic carbocycles. The van der Waals surface area contributed by atoms with Crippen LogP contribution in [0.1, 0.15) is 24.3 Å². The molecule has 0 radical (unpaired) electrons. The van der Waals surface area contributed by atoms with Crippen LogP contribution in [0.15, 0.2) is 59.3 Å². The first-order valence-electron chi connectivity index (χ1n) is 9.46. The monoisotopic (exact) mass is 389 g/mol. The molecule has 0 saturated carbocycles.